The first kappa shape index (κ1) is 23.6. The molecule has 0 amide bonds. The topological polar surface area (TPSA) is 62.7 Å². The number of anilines is 2. The molecule has 1 aliphatic carbocycles. The van der Waals surface area contributed by atoms with Gasteiger partial charge in [0.05, 0.1) is 5.56 Å². The van der Waals surface area contributed by atoms with Crippen molar-refractivity contribution in [3.05, 3.63) is 88.7 Å². The lowest BCUT2D eigenvalue weighted by atomic mass is 9.79. The van der Waals surface area contributed by atoms with E-state index in [1.165, 1.54) is 34.5 Å². The van der Waals surface area contributed by atoms with E-state index >= 15 is 0 Å². The van der Waals surface area contributed by atoms with Gasteiger partial charge in [0.2, 0.25) is 0 Å². The van der Waals surface area contributed by atoms with Crippen molar-refractivity contribution in [1.82, 2.24) is 4.98 Å². The van der Waals surface area contributed by atoms with E-state index in [1.807, 2.05) is 0 Å². The fourth-order valence-corrected chi connectivity index (χ4v) is 5.72. The number of fused-ring (bicyclic) bond motifs is 1. The van der Waals surface area contributed by atoms with Crippen LogP contribution in [0.4, 0.5) is 11.4 Å². The van der Waals surface area contributed by atoms with Gasteiger partial charge in [0.25, 0.3) is 0 Å². The summed E-state index contributed by atoms with van der Waals surface area (Å²) in [4.78, 5) is 18.0. The number of carbonyl (C=O) groups is 1. The van der Waals surface area contributed by atoms with Crippen molar-refractivity contribution < 1.29 is 14.6 Å². The minimum absolute atomic E-state index is 0.371. The van der Waals surface area contributed by atoms with E-state index in [2.05, 4.69) is 59.4 Å². The number of carboxylic acids is 1. The summed E-state index contributed by atoms with van der Waals surface area (Å²) in [5.41, 5.74) is 7.87. The highest BCUT2D eigenvalue weighted by Crippen LogP contribution is 2.38. The Bertz CT molecular complexity index is 1170. The number of aromatic carboxylic acids is 1. The monoisotopic (exact) mass is 470 g/mol. The maximum Gasteiger partial charge on any atom is 0.336 e. The number of pyridine rings is 1. The molecule has 5 heteroatoms. The molecule has 0 bridgehead atoms. The molecule has 0 saturated carbocycles. The lowest BCUT2D eigenvalue weighted by molar-refractivity contribution is 0.0695. The number of benzene rings is 2. The first-order valence-electron chi connectivity index (χ1n) is 12.8. The van der Waals surface area contributed by atoms with Crippen molar-refractivity contribution >= 4 is 17.3 Å². The maximum absolute atomic E-state index is 11.6. The second kappa shape index (κ2) is 10.6. The molecule has 1 atom stereocenters. The first-order chi connectivity index (χ1) is 17.1. The molecular formula is C30H34N2O3. The van der Waals surface area contributed by atoms with Crippen LogP contribution in [-0.4, -0.2) is 36.3 Å². The third-order valence-electron chi connectivity index (χ3n) is 7.82. The summed E-state index contributed by atoms with van der Waals surface area (Å²) in [7, 11) is 2.14. The fraction of sp³-hybridized carbons (Fsp3) is 0.400. The number of aromatic nitrogens is 1. The van der Waals surface area contributed by atoms with E-state index in [0.29, 0.717) is 17.4 Å². The van der Waals surface area contributed by atoms with Crippen LogP contribution in [0, 0.1) is 0 Å². The third-order valence-corrected chi connectivity index (χ3v) is 7.82. The molecule has 3 aromatic rings. The van der Waals surface area contributed by atoms with Gasteiger partial charge in [0.1, 0.15) is 0 Å². The summed E-state index contributed by atoms with van der Waals surface area (Å²) in [5, 5.41) is 9.48. The Morgan fingerprint density at radius 1 is 1.06 bits per heavy atom. The van der Waals surface area contributed by atoms with E-state index in [9.17, 15) is 9.90 Å². The van der Waals surface area contributed by atoms with E-state index < -0.39 is 5.97 Å². The average Bonchev–Trinajstić information content (AvgIpc) is 2.92. The van der Waals surface area contributed by atoms with Gasteiger partial charge in [-0.1, -0.05) is 18.2 Å². The maximum atomic E-state index is 11.6. The van der Waals surface area contributed by atoms with E-state index in [4.69, 9.17) is 4.74 Å². The summed E-state index contributed by atoms with van der Waals surface area (Å²) < 4.78 is 5.51. The van der Waals surface area contributed by atoms with Crippen LogP contribution in [0.25, 0.3) is 0 Å². The van der Waals surface area contributed by atoms with Crippen LogP contribution in [0.15, 0.2) is 60.9 Å². The average molecular weight is 471 g/mol. The van der Waals surface area contributed by atoms with Gasteiger partial charge in [-0.05, 0) is 109 Å². The van der Waals surface area contributed by atoms with Gasteiger partial charge in [-0.3, -0.25) is 4.98 Å². The SMILES string of the molecule is CN(c1ccc(C2CCOCC2)cc1)c1ccc2c(c1)CCC[C@H]2CCc1cnccc1C(=O)O. The van der Waals surface area contributed by atoms with Gasteiger partial charge in [-0.15, -0.1) is 0 Å². The van der Waals surface area contributed by atoms with Crippen LogP contribution >= 0.6 is 0 Å². The van der Waals surface area contributed by atoms with E-state index in [0.717, 1.165) is 57.3 Å². The van der Waals surface area contributed by atoms with Crippen molar-refractivity contribution in [2.75, 3.05) is 25.2 Å². The minimum Gasteiger partial charge on any atom is -0.478 e. The zero-order chi connectivity index (χ0) is 24.2. The van der Waals surface area contributed by atoms with Gasteiger partial charge in [0, 0.05) is 44.0 Å². The standard InChI is InChI=1S/C30H34N2O3/c1-32(26-9-7-21(8-10-26)22-14-17-35-18-15-22)27-11-12-28-23(3-2-4-24(28)19-27)5-6-25-20-31-16-13-29(25)30(33)34/h7-13,16,19-20,22-23H,2-6,14-15,17-18H2,1H3,(H,33,34)/t23-/m0/s1. The molecule has 1 N–H and O–H groups in total. The summed E-state index contributed by atoms with van der Waals surface area (Å²) in [6.07, 6.45) is 10.6. The van der Waals surface area contributed by atoms with Crippen molar-refractivity contribution in [2.45, 2.75) is 56.8 Å². The van der Waals surface area contributed by atoms with Crippen molar-refractivity contribution in [3.63, 3.8) is 0 Å². The predicted octanol–water partition coefficient (Wildman–Crippen LogP) is 6.49. The lowest BCUT2D eigenvalue weighted by Gasteiger charge is -2.28. The van der Waals surface area contributed by atoms with Crippen LogP contribution in [0.3, 0.4) is 0 Å². The fourth-order valence-electron chi connectivity index (χ4n) is 5.72. The number of hydrogen-bond donors (Lipinski definition) is 1. The van der Waals surface area contributed by atoms with Crippen molar-refractivity contribution in [2.24, 2.45) is 0 Å². The minimum atomic E-state index is -0.875. The Labute approximate surface area is 207 Å². The summed E-state index contributed by atoms with van der Waals surface area (Å²) in [6.45, 7) is 1.73. The van der Waals surface area contributed by atoms with Crippen LogP contribution in [0.2, 0.25) is 0 Å². The molecule has 2 aliphatic rings. The van der Waals surface area contributed by atoms with Crippen LogP contribution in [0.1, 0.15) is 76.6 Å². The Balaban J connectivity index is 1.29. The van der Waals surface area contributed by atoms with E-state index in [-0.39, 0.29) is 0 Å². The molecule has 2 heterocycles. The van der Waals surface area contributed by atoms with Gasteiger partial charge in [-0.2, -0.15) is 0 Å². The quantitative estimate of drug-likeness (QED) is 0.427. The zero-order valence-electron chi connectivity index (χ0n) is 20.5. The Morgan fingerprint density at radius 2 is 1.83 bits per heavy atom. The number of carboxylic acid groups (broad SMARTS) is 1. The first-order valence-corrected chi connectivity index (χ1v) is 12.8. The Morgan fingerprint density at radius 3 is 2.60 bits per heavy atom. The molecule has 1 aliphatic heterocycles. The number of ether oxygens (including phenoxy) is 1. The highest BCUT2D eigenvalue weighted by atomic mass is 16.5. The third kappa shape index (κ3) is 5.25. The smallest absolute Gasteiger partial charge is 0.336 e. The molecule has 0 spiro atoms. The van der Waals surface area contributed by atoms with Gasteiger partial charge >= 0.3 is 5.97 Å². The normalized spacial score (nSPS) is 18.1. The number of aryl methyl sites for hydroxylation is 2. The largest absolute Gasteiger partial charge is 0.478 e. The molecule has 1 fully saturated rings. The molecular weight excluding hydrogens is 436 g/mol. The second-order valence-electron chi connectivity index (χ2n) is 9.89. The lowest BCUT2D eigenvalue weighted by Crippen LogP contribution is -2.15. The number of hydrogen-bond acceptors (Lipinski definition) is 4. The van der Waals surface area contributed by atoms with Gasteiger partial charge < -0.3 is 14.7 Å². The van der Waals surface area contributed by atoms with Gasteiger partial charge in [0.15, 0.2) is 0 Å². The molecule has 1 aromatic heterocycles. The summed E-state index contributed by atoms with van der Waals surface area (Å²) in [5.74, 6) is 0.195. The van der Waals surface area contributed by atoms with E-state index in [1.54, 1.807) is 18.5 Å². The molecule has 5 rings (SSSR count). The molecule has 1 saturated heterocycles. The Hall–Kier alpha value is -3.18. The van der Waals surface area contributed by atoms with Crippen molar-refractivity contribution in [1.29, 1.82) is 0 Å². The molecule has 0 radical (unpaired) electrons. The second-order valence-corrected chi connectivity index (χ2v) is 9.89. The van der Waals surface area contributed by atoms with Crippen LogP contribution in [0.5, 0.6) is 0 Å². The van der Waals surface area contributed by atoms with Crippen LogP contribution < -0.4 is 4.90 Å². The molecule has 35 heavy (non-hydrogen) atoms. The predicted molar refractivity (Wildman–Crippen MR) is 139 cm³/mol. The summed E-state index contributed by atoms with van der Waals surface area (Å²) >= 11 is 0. The van der Waals surface area contributed by atoms with Gasteiger partial charge in [-0.25, -0.2) is 4.79 Å². The highest BCUT2D eigenvalue weighted by molar-refractivity contribution is 5.89. The van der Waals surface area contributed by atoms with Crippen LogP contribution in [-0.2, 0) is 17.6 Å². The molecule has 182 valence electrons. The highest BCUT2D eigenvalue weighted by Gasteiger charge is 2.22. The zero-order valence-corrected chi connectivity index (χ0v) is 20.5. The molecule has 2 aromatic carbocycles. The number of nitrogens with zero attached hydrogens (tertiary/aromatic N) is 2. The Kier molecular flexibility index (Phi) is 7.14. The van der Waals surface area contributed by atoms with Crippen molar-refractivity contribution in [3.8, 4) is 0 Å². The molecule has 5 nitrogen and oxygen atoms in total. The summed E-state index contributed by atoms with van der Waals surface area (Å²) in [6, 6.07) is 17.5. The number of rotatable bonds is 7. The molecule has 0 unspecified atom stereocenters.